The van der Waals surface area contributed by atoms with Gasteiger partial charge in [0.25, 0.3) is 0 Å². The van der Waals surface area contributed by atoms with E-state index in [0.717, 1.165) is 11.1 Å². The first-order valence-corrected chi connectivity index (χ1v) is 10.8. The zero-order chi connectivity index (χ0) is 22.0. The van der Waals surface area contributed by atoms with Crippen LogP contribution < -0.4 is 0 Å². The highest BCUT2D eigenvalue weighted by Gasteiger charge is 2.28. The Morgan fingerprint density at radius 3 is 1.97 bits per heavy atom. The van der Waals surface area contributed by atoms with E-state index in [1.807, 2.05) is 0 Å². The number of benzene rings is 2. The minimum Gasteiger partial charge on any atom is -0.507 e. The highest BCUT2D eigenvalue weighted by Crippen LogP contribution is 2.45. The zero-order valence-corrected chi connectivity index (χ0v) is 19.5. The molecule has 0 aliphatic carbocycles. The molecule has 0 saturated heterocycles. The number of pyridine rings is 1. The lowest BCUT2D eigenvalue weighted by atomic mass is 9.77. The van der Waals surface area contributed by atoms with Gasteiger partial charge in [-0.2, -0.15) is 0 Å². The molecule has 2 nitrogen and oxygen atoms in total. The lowest BCUT2D eigenvalue weighted by Gasteiger charge is -2.28. The Kier molecular flexibility index (Phi) is 4.54. The van der Waals surface area contributed by atoms with E-state index in [1.165, 1.54) is 38.7 Å². The van der Waals surface area contributed by atoms with Crippen molar-refractivity contribution < 1.29 is 5.11 Å². The number of hydrogen-bond donors (Lipinski definition) is 1. The van der Waals surface area contributed by atoms with Crippen LogP contribution in [-0.4, -0.2) is 9.51 Å². The minimum absolute atomic E-state index is 0.156. The smallest absolute Gasteiger partial charge is 0.123 e. The number of hydrogen-bond acceptors (Lipinski definition) is 1. The Morgan fingerprint density at radius 1 is 0.800 bits per heavy atom. The maximum absolute atomic E-state index is 11.2. The molecule has 30 heavy (non-hydrogen) atoms. The van der Waals surface area contributed by atoms with E-state index in [-0.39, 0.29) is 10.8 Å². The van der Waals surface area contributed by atoms with Crippen LogP contribution in [0.25, 0.3) is 27.5 Å². The normalized spacial score (nSPS) is 12.8. The van der Waals surface area contributed by atoms with Gasteiger partial charge in [-0.05, 0) is 65.6 Å². The van der Waals surface area contributed by atoms with Gasteiger partial charge in [0.05, 0.1) is 11.0 Å². The van der Waals surface area contributed by atoms with E-state index >= 15 is 0 Å². The average molecular weight is 400 g/mol. The van der Waals surface area contributed by atoms with Crippen LogP contribution >= 0.6 is 0 Å². The van der Waals surface area contributed by atoms with Gasteiger partial charge in [-0.25, -0.2) is 0 Å². The van der Waals surface area contributed by atoms with Crippen LogP contribution in [0.15, 0.2) is 48.7 Å². The Labute approximate surface area is 180 Å². The van der Waals surface area contributed by atoms with Gasteiger partial charge in [0.1, 0.15) is 5.75 Å². The largest absolute Gasteiger partial charge is 0.507 e. The molecule has 156 valence electrons. The Balaban J connectivity index is 2.20. The summed E-state index contributed by atoms with van der Waals surface area (Å²) >= 11 is 0. The monoisotopic (exact) mass is 399 g/mol. The average Bonchev–Trinajstić information content (AvgIpc) is 2.95. The molecule has 2 aromatic carbocycles. The quantitative estimate of drug-likeness (QED) is 0.349. The molecule has 2 heteroatoms. The van der Waals surface area contributed by atoms with Gasteiger partial charge in [0.2, 0.25) is 0 Å². The van der Waals surface area contributed by atoms with Crippen LogP contribution in [0.1, 0.15) is 63.8 Å². The van der Waals surface area contributed by atoms with Crippen molar-refractivity contribution in [3.63, 3.8) is 0 Å². The summed E-state index contributed by atoms with van der Waals surface area (Å²) in [6, 6.07) is 15.4. The summed E-state index contributed by atoms with van der Waals surface area (Å²) in [6.07, 6.45) is 2.16. The number of rotatable bonds is 1. The van der Waals surface area contributed by atoms with Gasteiger partial charge >= 0.3 is 0 Å². The number of nitrogens with zero attached hydrogens (tertiary/aromatic N) is 1. The first-order valence-electron chi connectivity index (χ1n) is 10.8. The van der Waals surface area contributed by atoms with Crippen molar-refractivity contribution in [3.8, 4) is 16.9 Å². The van der Waals surface area contributed by atoms with Crippen LogP contribution in [0.5, 0.6) is 5.75 Å². The molecule has 0 aliphatic rings. The lowest BCUT2D eigenvalue weighted by molar-refractivity contribution is 0.423. The van der Waals surface area contributed by atoms with E-state index in [1.54, 1.807) is 0 Å². The molecular formula is C28H33NO. The van der Waals surface area contributed by atoms with Gasteiger partial charge in [-0.3, -0.25) is 0 Å². The van der Waals surface area contributed by atoms with E-state index in [9.17, 15) is 5.11 Å². The van der Waals surface area contributed by atoms with E-state index in [4.69, 9.17) is 0 Å². The Bertz CT molecular complexity index is 1240. The van der Waals surface area contributed by atoms with Crippen molar-refractivity contribution in [3.05, 3.63) is 70.9 Å². The Hall–Kier alpha value is -2.74. The zero-order valence-electron chi connectivity index (χ0n) is 19.5. The fraction of sp³-hybridized carbons (Fsp3) is 0.357. The maximum Gasteiger partial charge on any atom is 0.123 e. The molecule has 4 aromatic rings. The van der Waals surface area contributed by atoms with Gasteiger partial charge < -0.3 is 9.51 Å². The number of aromatic hydroxyl groups is 1. The van der Waals surface area contributed by atoms with Gasteiger partial charge in [0, 0.05) is 28.3 Å². The van der Waals surface area contributed by atoms with Crippen LogP contribution in [0.3, 0.4) is 0 Å². The van der Waals surface area contributed by atoms with Crippen LogP contribution in [-0.2, 0) is 10.8 Å². The number of phenols is 1. The van der Waals surface area contributed by atoms with Crippen LogP contribution in [0, 0.1) is 13.8 Å². The third-order valence-electron chi connectivity index (χ3n) is 6.13. The van der Waals surface area contributed by atoms with Gasteiger partial charge in [-0.15, -0.1) is 0 Å². The predicted molar refractivity (Wildman–Crippen MR) is 129 cm³/mol. The third-order valence-corrected chi connectivity index (χ3v) is 6.13. The number of fused-ring (bicyclic) bond motifs is 3. The second kappa shape index (κ2) is 6.63. The number of aromatic nitrogens is 1. The summed E-state index contributed by atoms with van der Waals surface area (Å²) in [5.41, 5.74) is 9.09. The molecule has 4 rings (SSSR count). The molecule has 0 aliphatic heterocycles. The van der Waals surface area contributed by atoms with Crippen molar-refractivity contribution in [1.82, 2.24) is 4.40 Å². The molecule has 2 heterocycles. The molecule has 0 unspecified atom stereocenters. The highest BCUT2D eigenvalue weighted by molar-refractivity contribution is 6.07. The molecule has 1 N–H and O–H groups in total. The molecule has 0 bridgehead atoms. The first-order chi connectivity index (χ1) is 13.9. The standard InChI is InChI=1S/C28H33NO/c1-17-11-12-20-23(14-17)29-13-9-10-18(2)25(29)24(20)19-15-21(27(3,4)5)26(30)22(16-19)28(6,7)8/h9-16,30H,1-8H3. The maximum atomic E-state index is 11.2. The minimum atomic E-state index is -0.156. The van der Waals surface area contributed by atoms with Crippen molar-refractivity contribution in [2.45, 2.75) is 66.2 Å². The molecule has 2 aromatic heterocycles. The predicted octanol–water partition coefficient (Wildman–Crippen LogP) is 7.68. The summed E-state index contributed by atoms with van der Waals surface area (Å²) < 4.78 is 2.31. The first kappa shape index (κ1) is 20.5. The molecule has 0 spiro atoms. The summed E-state index contributed by atoms with van der Waals surface area (Å²) in [5.74, 6) is 0.430. The fourth-order valence-electron chi connectivity index (χ4n) is 4.53. The summed E-state index contributed by atoms with van der Waals surface area (Å²) in [6.45, 7) is 17.3. The molecule has 0 atom stereocenters. The van der Waals surface area contributed by atoms with Crippen molar-refractivity contribution in [1.29, 1.82) is 0 Å². The molecular weight excluding hydrogens is 366 g/mol. The second-order valence-electron chi connectivity index (χ2n) is 10.7. The van der Waals surface area contributed by atoms with Crippen molar-refractivity contribution in [2.24, 2.45) is 0 Å². The van der Waals surface area contributed by atoms with E-state index in [0.29, 0.717) is 5.75 Å². The topological polar surface area (TPSA) is 24.6 Å². The van der Waals surface area contributed by atoms with Gasteiger partial charge in [0.15, 0.2) is 0 Å². The Morgan fingerprint density at radius 2 is 1.40 bits per heavy atom. The fourth-order valence-corrected chi connectivity index (χ4v) is 4.53. The molecule has 0 saturated carbocycles. The van der Waals surface area contributed by atoms with E-state index < -0.39 is 0 Å². The molecule has 0 fully saturated rings. The molecule has 0 amide bonds. The van der Waals surface area contributed by atoms with Crippen LogP contribution in [0.2, 0.25) is 0 Å². The van der Waals surface area contributed by atoms with E-state index in [2.05, 4.69) is 108 Å². The van der Waals surface area contributed by atoms with Crippen molar-refractivity contribution in [2.75, 3.05) is 0 Å². The molecule has 0 radical (unpaired) electrons. The van der Waals surface area contributed by atoms with Crippen molar-refractivity contribution >= 4 is 16.4 Å². The SMILES string of the molecule is Cc1ccc2c(-c3cc(C(C)(C)C)c(O)c(C(C)(C)C)c3)c3c(C)cccn3c2c1. The number of phenolic OH excluding ortho intramolecular Hbond substituents is 1. The highest BCUT2D eigenvalue weighted by atomic mass is 16.3. The summed E-state index contributed by atoms with van der Waals surface area (Å²) in [5, 5.41) is 12.4. The lowest BCUT2D eigenvalue weighted by Crippen LogP contribution is -2.17. The summed E-state index contributed by atoms with van der Waals surface area (Å²) in [4.78, 5) is 0. The second-order valence-corrected chi connectivity index (χ2v) is 10.7. The third kappa shape index (κ3) is 3.19. The number of aryl methyl sites for hydroxylation is 2. The summed E-state index contributed by atoms with van der Waals surface area (Å²) in [7, 11) is 0. The van der Waals surface area contributed by atoms with Crippen LogP contribution in [0.4, 0.5) is 0 Å². The van der Waals surface area contributed by atoms with Gasteiger partial charge in [-0.1, -0.05) is 59.7 Å².